The molecule has 2 aromatic rings. The summed E-state index contributed by atoms with van der Waals surface area (Å²) in [4.78, 5) is 4.60. The summed E-state index contributed by atoms with van der Waals surface area (Å²) < 4.78 is 11.2. The lowest BCUT2D eigenvalue weighted by molar-refractivity contribution is 0.0617. The predicted octanol–water partition coefficient (Wildman–Crippen LogP) is 3.69. The van der Waals surface area contributed by atoms with Crippen LogP contribution in [0.5, 0.6) is 11.5 Å². The molecule has 1 atom stereocenters. The second-order valence-corrected chi connectivity index (χ2v) is 7.20. The number of nitrogens with zero attached hydrogens (tertiary/aromatic N) is 1. The number of aliphatic hydroxyl groups is 1. The molecule has 0 spiro atoms. The minimum absolute atomic E-state index is 0. The molecule has 0 radical (unpaired) electrons. The summed E-state index contributed by atoms with van der Waals surface area (Å²) in [5.74, 6) is 1.85. The molecule has 3 rings (SSSR count). The number of benzene rings is 2. The highest BCUT2D eigenvalue weighted by molar-refractivity contribution is 14.0. The molecule has 1 heterocycles. The smallest absolute Gasteiger partial charge is 0.191 e. The van der Waals surface area contributed by atoms with E-state index in [1.54, 1.807) is 6.92 Å². The van der Waals surface area contributed by atoms with Crippen molar-refractivity contribution in [3.05, 3.63) is 58.6 Å². The standard InChI is InChI=1S/C21H26ClN3O3.HI/c1-3-23-20(25-14-21(2,26)16-7-5-4-6-8-16)24-13-15-11-17(22)19-18(12-15)27-9-10-28-19;/h4-8,11-12,26H,3,9-10,13-14H2,1-2H3,(H2,23,24,25);1H. The van der Waals surface area contributed by atoms with Gasteiger partial charge in [0.2, 0.25) is 0 Å². The van der Waals surface area contributed by atoms with Crippen molar-refractivity contribution in [2.45, 2.75) is 26.0 Å². The molecule has 0 saturated carbocycles. The predicted molar refractivity (Wildman–Crippen MR) is 127 cm³/mol. The SMILES string of the molecule is CCNC(=NCc1cc(Cl)c2c(c1)OCCO2)NCC(C)(O)c1ccccc1.I. The molecule has 8 heteroatoms. The summed E-state index contributed by atoms with van der Waals surface area (Å²) in [7, 11) is 0. The van der Waals surface area contributed by atoms with Crippen LogP contribution in [-0.4, -0.2) is 37.4 Å². The summed E-state index contributed by atoms with van der Waals surface area (Å²) in [6, 6.07) is 13.3. The van der Waals surface area contributed by atoms with Gasteiger partial charge in [-0.25, -0.2) is 4.99 Å². The number of aliphatic imine (C=N–C) groups is 1. The Hall–Kier alpha value is -1.71. The first-order chi connectivity index (χ1) is 13.5. The fourth-order valence-electron chi connectivity index (χ4n) is 2.92. The molecule has 6 nitrogen and oxygen atoms in total. The number of hydrogen-bond donors (Lipinski definition) is 3. The van der Waals surface area contributed by atoms with Crippen LogP contribution in [0.25, 0.3) is 0 Å². The number of ether oxygens (including phenoxy) is 2. The topological polar surface area (TPSA) is 75.1 Å². The Kier molecular flexibility index (Phi) is 8.85. The van der Waals surface area contributed by atoms with E-state index in [2.05, 4.69) is 15.6 Å². The molecular formula is C21H27ClIN3O3. The third-order valence-electron chi connectivity index (χ3n) is 4.42. The van der Waals surface area contributed by atoms with E-state index < -0.39 is 5.60 Å². The molecule has 29 heavy (non-hydrogen) atoms. The molecule has 0 aromatic heterocycles. The van der Waals surface area contributed by atoms with Gasteiger partial charge in [-0.15, -0.1) is 24.0 Å². The Balaban J connectivity index is 0.00000300. The lowest BCUT2D eigenvalue weighted by Crippen LogP contribution is -2.44. The van der Waals surface area contributed by atoms with Crippen LogP contribution < -0.4 is 20.1 Å². The summed E-state index contributed by atoms with van der Waals surface area (Å²) in [6.45, 7) is 6.23. The minimum atomic E-state index is -1.02. The number of rotatable bonds is 6. The molecule has 1 aliphatic rings. The summed E-state index contributed by atoms with van der Waals surface area (Å²) >= 11 is 6.29. The van der Waals surface area contributed by atoms with E-state index >= 15 is 0 Å². The van der Waals surface area contributed by atoms with Crippen molar-refractivity contribution in [3.63, 3.8) is 0 Å². The molecule has 0 saturated heterocycles. The van der Waals surface area contributed by atoms with Gasteiger partial charge >= 0.3 is 0 Å². The average Bonchev–Trinajstić information content (AvgIpc) is 2.71. The monoisotopic (exact) mass is 531 g/mol. The van der Waals surface area contributed by atoms with Gasteiger partial charge in [0, 0.05) is 6.54 Å². The summed E-state index contributed by atoms with van der Waals surface area (Å²) in [6.07, 6.45) is 0. The van der Waals surface area contributed by atoms with E-state index in [-0.39, 0.29) is 24.0 Å². The molecule has 0 aliphatic carbocycles. The maximum atomic E-state index is 10.8. The van der Waals surface area contributed by atoms with Gasteiger partial charge in [0.25, 0.3) is 0 Å². The molecule has 0 amide bonds. The van der Waals surface area contributed by atoms with Gasteiger partial charge in [-0.3, -0.25) is 0 Å². The van der Waals surface area contributed by atoms with E-state index in [4.69, 9.17) is 21.1 Å². The summed E-state index contributed by atoms with van der Waals surface area (Å²) in [5.41, 5.74) is 0.746. The number of nitrogens with one attached hydrogen (secondary N) is 2. The number of halogens is 2. The van der Waals surface area contributed by atoms with Crippen molar-refractivity contribution in [1.82, 2.24) is 10.6 Å². The molecular weight excluding hydrogens is 505 g/mol. The van der Waals surface area contributed by atoms with Gasteiger partial charge in [-0.2, -0.15) is 0 Å². The van der Waals surface area contributed by atoms with Crippen LogP contribution in [0.1, 0.15) is 25.0 Å². The quantitative estimate of drug-likeness (QED) is 0.301. The highest BCUT2D eigenvalue weighted by Gasteiger charge is 2.23. The van der Waals surface area contributed by atoms with Crippen molar-refractivity contribution in [1.29, 1.82) is 0 Å². The molecule has 1 unspecified atom stereocenters. The fraction of sp³-hybridized carbons (Fsp3) is 0.381. The van der Waals surface area contributed by atoms with E-state index in [1.165, 1.54) is 0 Å². The fourth-order valence-corrected chi connectivity index (χ4v) is 3.21. The third-order valence-corrected chi connectivity index (χ3v) is 4.70. The van der Waals surface area contributed by atoms with E-state index in [9.17, 15) is 5.11 Å². The van der Waals surface area contributed by atoms with Crippen molar-refractivity contribution in [2.75, 3.05) is 26.3 Å². The van der Waals surface area contributed by atoms with Crippen LogP contribution in [0.2, 0.25) is 5.02 Å². The highest BCUT2D eigenvalue weighted by atomic mass is 127. The van der Waals surface area contributed by atoms with Crippen LogP contribution in [0, 0.1) is 0 Å². The van der Waals surface area contributed by atoms with Crippen molar-refractivity contribution >= 4 is 41.5 Å². The molecule has 2 aromatic carbocycles. The van der Waals surface area contributed by atoms with Gasteiger partial charge in [-0.05, 0) is 37.1 Å². The molecule has 0 bridgehead atoms. The molecule has 158 valence electrons. The maximum Gasteiger partial charge on any atom is 0.191 e. The van der Waals surface area contributed by atoms with Crippen molar-refractivity contribution < 1.29 is 14.6 Å². The zero-order chi connectivity index (χ0) is 20.0. The molecule has 3 N–H and O–H groups in total. The second-order valence-electron chi connectivity index (χ2n) is 6.79. The van der Waals surface area contributed by atoms with Crippen LogP contribution in [0.15, 0.2) is 47.5 Å². The first-order valence-electron chi connectivity index (χ1n) is 9.37. The zero-order valence-electron chi connectivity index (χ0n) is 16.6. The lowest BCUT2D eigenvalue weighted by atomic mass is 9.96. The van der Waals surface area contributed by atoms with E-state index in [1.807, 2.05) is 49.4 Å². The Morgan fingerprint density at radius 3 is 2.62 bits per heavy atom. The maximum absolute atomic E-state index is 10.8. The van der Waals surface area contributed by atoms with Crippen LogP contribution in [0.4, 0.5) is 0 Å². The van der Waals surface area contributed by atoms with E-state index in [0.29, 0.717) is 55.3 Å². The Morgan fingerprint density at radius 2 is 1.90 bits per heavy atom. The van der Waals surface area contributed by atoms with Gasteiger partial charge in [0.05, 0.1) is 18.1 Å². The minimum Gasteiger partial charge on any atom is -0.486 e. The number of guanidine groups is 1. The van der Waals surface area contributed by atoms with Gasteiger partial charge in [0.1, 0.15) is 18.8 Å². The van der Waals surface area contributed by atoms with Crippen LogP contribution in [-0.2, 0) is 12.1 Å². The Labute approximate surface area is 193 Å². The molecule has 1 aliphatic heterocycles. The molecule has 0 fully saturated rings. The first kappa shape index (κ1) is 23.6. The summed E-state index contributed by atoms with van der Waals surface area (Å²) in [5, 5.41) is 17.7. The number of fused-ring (bicyclic) bond motifs is 1. The normalized spacial score (nSPS) is 15.1. The van der Waals surface area contributed by atoms with E-state index in [0.717, 1.165) is 11.1 Å². The van der Waals surface area contributed by atoms with Crippen molar-refractivity contribution in [3.8, 4) is 11.5 Å². The van der Waals surface area contributed by atoms with Gasteiger partial charge in [-0.1, -0.05) is 41.9 Å². The second kappa shape index (κ2) is 10.9. The lowest BCUT2D eigenvalue weighted by Gasteiger charge is -2.25. The van der Waals surface area contributed by atoms with Crippen LogP contribution >= 0.6 is 35.6 Å². The largest absolute Gasteiger partial charge is 0.486 e. The first-order valence-corrected chi connectivity index (χ1v) is 9.75. The Bertz CT molecular complexity index is 831. The van der Waals surface area contributed by atoms with Crippen LogP contribution in [0.3, 0.4) is 0 Å². The zero-order valence-corrected chi connectivity index (χ0v) is 19.7. The highest BCUT2D eigenvalue weighted by Crippen LogP contribution is 2.38. The average molecular weight is 532 g/mol. The van der Waals surface area contributed by atoms with Crippen molar-refractivity contribution in [2.24, 2.45) is 4.99 Å². The number of hydrogen-bond acceptors (Lipinski definition) is 4. The van der Waals surface area contributed by atoms with Gasteiger partial charge in [0.15, 0.2) is 17.5 Å². The Morgan fingerprint density at radius 1 is 1.17 bits per heavy atom. The third kappa shape index (κ3) is 6.38. The van der Waals surface area contributed by atoms with Gasteiger partial charge < -0.3 is 25.2 Å².